The summed E-state index contributed by atoms with van der Waals surface area (Å²) in [6, 6.07) is 5.31. The van der Waals surface area contributed by atoms with Crippen molar-refractivity contribution in [2.24, 2.45) is 0 Å². The maximum atomic E-state index is 13.0. The molecule has 0 aliphatic carbocycles. The average Bonchev–Trinajstić information content (AvgIpc) is 2.35. The van der Waals surface area contributed by atoms with Crippen molar-refractivity contribution in [3.8, 4) is 0 Å². The molecule has 0 radical (unpaired) electrons. The average molecular weight is 321 g/mol. The molecule has 1 aromatic rings. The number of benzene rings is 1. The highest BCUT2D eigenvalue weighted by atomic mass is 19.4. The molecule has 0 aliphatic rings. The maximum absolute atomic E-state index is 13.0. The van der Waals surface area contributed by atoms with Gasteiger partial charge in [-0.2, -0.15) is 35.6 Å². The minimum atomic E-state index is -6.63. The minimum absolute atomic E-state index is 0.678. The van der Waals surface area contributed by atoms with Crippen LogP contribution < -0.4 is 5.06 Å². The summed E-state index contributed by atoms with van der Waals surface area (Å²) < 4.78 is 87.0. The van der Waals surface area contributed by atoms with E-state index in [9.17, 15) is 35.5 Å². The first-order valence-corrected chi connectivity index (χ1v) is 5.00. The highest BCUT2D eigenvalue weighted by Gasteiger charge is 2.75. The molecule has 0 saturated carbocycles. The number of anilines is 1. The third kappa shape index (κ3) is 3.35. The van der Waals surface area contributed by atoms with Crippen molar-refractivity contribution in [2.75, 3.05) is 5.06 Å². The molecule has 11 heteroatoms. The van der Waals surface area contributed by atoms with Crippen LogP contribution in [0.15, 0.2) is 30.3 Å². The van der Waals surface area contributed by atoms with Gasteiger partial charge in [0.2, 0.25) is 0 Å². The van der Waals surface area contributed by atoms with Crippen LogP contribution in [0.5, 0.6) is 0 Å². The number of carboxylic acid groups (broad SMARTS) is 1. The van der Waals surface area contributed by atoms with Crippen molar-refractivity contribution in [1.29, 1.82) is 0 Å². The number of amides is 1. The van der Waals surface area contributed by atoms with E-state index < -0.39 is 35.1 Å². The maximum Gasteiger partial charge on any atom is 0.462 e. The van der Waals surface area contributed by atoms with Gasteiger partial charge in [-0.1, -0.05) is 18.2 Å². The molecule has 4 nitrogen and oxygen atoms in total. The molecule has 0 saturated heterocycles. The Kier molecular flexibility index (Phi) is 4.37. The monoisotopic (exact) mass is 321 g/mol. The molecule has 1 aromatic carbocycles. The summed E-state index contributed by atoms with van der Waals surface area (Å²) in [5.74, 6) is -6.58. The predicted octanol–water partition coefficient (Wildman–Crippen LogP) is 3.89. The Bertz CT molecular complexity index is 503. The van der Waals surface area contributed by atoms with Crippen molar-refractivity contribution >= 4 is 11.8 Å². The largest absolute Gasteiger partial charge is 0.463 e. The second-order valence-corrected chi connectivity index (χ2v) is 3.59. The fourth-order valence-electron chi connectivity index (χ4n) is 1.10. The van der Waals surface area contributed by atoms with Crippen LogP contribution in [0.2, 0.25) is 0 Å². The second-order valence-electron chi connectivity index (χ2n) is 3.59. The molecule has 0 atom stereocenters. The summed E-state index contributed by atoms with van der Waals surface area (Å²) in [5.41, 5.74) is -0.678. The van der Waals surface area contributed by atoms with Gasteiger partial charge in [0.15, 0.2) is 0 Å². The van der Waals surface area contributed by atoms with Crippen LogP contribution in [0, 0.1) is 0 Å². The third-order valence-electron chi connectivity index (χ3n) is 2.09. The molecule has 1 N–H and O–H groups in total. The van der Waals surface area contributed by atoms with Gasteiger partial charge in [-0.15, -0.1) is 5.06 Å². The van der Waals surface area contributed by atoms with Crippen LogP contribution in [0.4, 0.5) is 41.2 Å². The van der Waals surface area contributed by atoms with E-state index in [1.165, 1.54) is 6.07 Å². The molecule has 0 aromatic heterocycles. The van der Waals surface area contributed by atoms with Gasteiger partial charge in [0.25, 0.3) is 0 Å². The number of rotatable bonds is 4. The highest BCUT2D eigenvalue weighted by molar-refractivity contribution is 5.83. The summed E-state index contributed by atoms with van der Waals surface area (Å²) in [4.78, 5) is 13.8. The molecular weight excluding hydrogens is 315 g/mol. The number of nitrogens with zero attached hydrogens (tertiary/aromatic N) is 1. The third-order valence-corrected chi connectivity index (χ3v) is 2.09. The Morgan fingerprint density at radius 1 is 1.00 bits per heavy atom. The first-order valence-electron chi connectivity index (χ1n) is 5.00. The molecular formula is C10H6F7NO3. The summed E-state index contributed by atoms with van der Waals surface area (Å²) in [6.07, 6.45) is -15.1. The number of halogens is 7. The quantitative estimate of drug-likeness (QED) is 0.676. The number of alkyl halides is 7. The van der Waals surface area contributed by atoms with Gasteiger partial charge < -0.3 is 5.11 Å². The van der Waals surface area contributed by atoms with Gasteiger partial charge in [-0.25, -0.2) is 4.79 Å². The van der Waals surface area contributed by atoms with Crippen LogP contribution in [0.3, 0.4) is 0 Å². The fraction of sp³-hybridized carbons (Fsp3) is 0.300. The zero-order valence-electron chi connectivity index (χ0n) is 9.74. The molecule has 0 heterocycles. The van der Waals surface area contributed by atoms with E-state index >= 15 is 0 Å². The van der Waals surface area contributed by atoms with E-state index in [0.717, 1.165) is 24.3 Å². The lowest BCUT2D eigenvalue weighted by atomic mass is 10.3. The SMILES string of the molecule is O=C(O)N(OC(F)(F)C(F)(F)C(F)(F)F)c1ccccc1. The van der Waals surface area contributed by atoms with E-state index in [-0.39, 0.29) is 0 Å². The molecule has 1 amide bonds. The van der Waals surface area contributed by atoms with E-state index in [2.05, 4.69) is 4.84 Å². The Morgan fingerprint density at radius 3 is 1.86 bits per heavy atom. The normalized spacial score (nSPS) is 13.1. The van der Waals surface area contributed by atoms with Crippen molar-refractivity contribution < 1.29 is 45.5 Å². The van der Waals surface area contributed by atoms with E-state index in [1.807, 2.05) is 0 Å². The van der Waals surface area contributed by atoms with Gasteiger partial charge in [0, 0.05) is 0 Å². The van der Waals surface area contributed by atoms with E-state index in [1.54, 1.807) is 0 Å². The first-order chi connectivity index (χ1) is 9.40. The van der Waals surface area contributed by atoms with Crippen LogP contribution in [-0.4, -0.2) is 29.4 Å². The van der Waals surface area contributed by atoms with Crippen LogP contribution in [0.1, 0.15) is 0 Å². The van der Waals surface area contributed by atoms with Crippen LogP contribution >= 0.6 is 0 Å². The van der Waals surface area contributed by atoms with Gasteiger partial charge in [-0.05, 0) is 12.1 Å². The van der Waals surface area contributed by atoms with Gasteiger partial charge in [-0.3, -0.25) is 0 Å². The predicted molar refractivity (Wildman–Crippen MR) is 54.0 cm³/mol. The van der Waals surface area contributed by atoms with Crippen molar-refractivity contribution in [2.45, 2.75) is 18.2 Å². The minimum Gasteiger partial charge on any atom is -0.463 e. The van der Waals surface area contributed by atoms with Crippen molar-refractivity contribution in [3.05, 3.63) is 30.3 Å². The second kappa shape index (κ2) is 5.39. The molecule has 0 fully saturated rings. The number of hydroxylamine groups is 1. The van der Waals surface area contributed by atoms with Crippen LogP contribution in [0.25, 0.3) is 0 Å². The number of hydrogen-bond acceptors (Lipinski definition) is 2. The molecule has 0 spiro atoms. The zero-order valence-corrected chi connectivity index (χ0v) is 9.74. The lowest BCUT2D eigenvalue weighted by Crippen LogP contribution is -2.56. The van der Waals surface area contributed by atoms with Crippen molar-refractivity contribution in [1.82, 2.24) is 0 Å². The lowest BCUT2D eigenvalue weighted by molar-refractivity contribution is -0.424. The molecule has 1 rings (SSSR count). The van der Waals surface area contributed by atoms with Crippen molar-refractivity contribution in [3.63, 3.8) is 0 Å². The highest BCUT2D eigenvalue weighted by Crippen LogP contribution is 2.47. The smallest absolute Gasteiger partial charge is 0.462 e. The molecule has 118 valence electrons. The molecule has 0 bridgehead atoms. The first kappa shape index (κ1) is 17.0. The fourth-order valence-corrected chi connectivity index (χ4v) is 1.10. The summed E-state index contributed by atoms with van der Waals surface area (Å²) in [5, 5.41) is 7.82. The molecule has 0 unspecified atom stereocenters. The standard InChI is InChI=1S/C10H6F7NO3/c11-8(12,9(13,14)15)10(16,17)21-18(7(19)20)6-4-2-1-3-5-6/h1-5H,(H,19,20). The Hall–Kier alpha value is -2.04. The van der Waals surface area contributed by atoms with Gasteiger partial charge in [0.05, 0.1) is 5.69 Å². The summed E-state index contributed by atoms with van der Waals surface area (Å²) in [7, 11) is 0. The summed E-state index contributed by atoms with van der Waals surface area (Å²) >= 11 is 0. The van der Waals surface area contributed by atoms with E-state index in [4.69, 9.17) is 5.11 Å². The number of para-hydroxylation sites is 1. The Balaban J connectivity index is 3.12. The lowest BCUT2D eigenvalue weighted by Gasteiger charge is -2.30. The molecule has 0 aliphatic heterocycles. The zero-order chi connectivity index (χ0) is 16.5. The van der Waals surface area contributed by atoms with Crippen LogP contribution in [-0.2, 0) is 4.84 Å². The Morgan fingerprint density at radius 2 is 1.48 bits per heavy atom. The number of hydrogen-bond donors (Lipinski definition) is 1. The molecule has 21 heavy (non-hydrogen) atoms. The topological polar surface area (TPSA) is 49.8 Å². The van der Waals surface area contributed by atoms with E-state index in [0.29, 0.717) is 0 Å². The number of carbonyl (C=O) groups is 1. The van der Waals surface area contributed by atoms with Gasteiger partial charge in [0.1, 0.15) is 0 Å². The summed E-state index contributed by atoms with van der Waals surface area (Å²) in [6.45, 7) is 0. The van der Waals surface area contributed by atoms with Gasteiger partial charge >= 0.3 is 24.3 Å². The Labute approximate surface area is 112 Å².